The zero-order valence-corrected chi connectivity index (χ0v) is 26.3. The van der Waals surface area contributed by atoms with E-state index in [4.69, 9.17) is 23.7 Å². The Morgan fingerprint density at radius 3 is 1.98 bits per heavy atom. The lowest BCUT2D eigenvalue weighted by Gasteiger charge is -2.29. The Balaban J connectivity index is 0.866. The Kier molecular flexibility index (Phi) is 9.35. The van der Waals surface area contributed by atoms with Crippen molar-refractivity contribution in [3.05, 3.63) is 94.5 Å². The molecule has 2 amide bonds. The summed E-state index contributed by atoms with van der Waals surface area (Å²) in [6.07, 6.45) is 2.87. The number of carbonyl (C=O) groups is 2. The average molecular weight is 627 g/mol. The van der Waals surface area contributed by atoms with Crippen molar-refractivity contribution in [1.29, 1.82) is 0 Å². The van der Waals surface area contributed by atoms with Crippen molar-refractivity contribution in [3.63, 3.8) is 0 Å². The highest BCUT2D eigenvalue weighted by molar-refractivity contribution is 5.81. The van der Waals surface area contributed by atoms with E-state index in [0.29, 0.717) is 46.0 Å². The predicted molar refractivity (Wildman–Crippen MR) is 171 cm³/mol. The van der Waals surface area contributed by atoms with Gasteiger partial charge in [0.15, 0.2) is 12.6 Å². The van der Waals surface area contributed by atoms with Gasteiger partial charge in [-0.25, -0.2) is 4.79 Å². The van der Waals surface area contributed by atoms with Crippen LogP contribution in [0.3, 0.4) is 0 Å². The van der Waals surface area contributed by atoms with Crippen molar-refractivity contribution in [2.24, 2.45) is 11.8 Å². The minimum atomic E-state index is -0.427. The second kappa shape index (κ2) is 13.9. The van der Waals surface area contributed by atoms with Gasteiger partial charge in [-0.05, 0) is 65.8 Å². The topological polar surface area (TPSA) is 95.6 Å². The molecule has 9 nitrogen and oxygen atoms in total. The van der Waals surface area contributed by atoms with Gasteiger partial charge in [0.2, 0.25) is 5.91 Å². The highest BCUT2D eigenvalue weighted by Gasteiger charge is 2.35. The Morgan fingerprint density at radius 1 is 0.761 bits per heavy atom. The van der Waals surface area contributed by atoms with Crippen LogP contribution >= 0.6 is 0 Å². The number of rotatable bonds is 9. The number of ether oxygens (including phenoxy) is 5. The van der Waals surface area contributed by atoms with Crippen LogP contribution in [-0.2, 0) is 34.9 Å². The molecule has 2 aliphatic heterocycles. The third kappa shape index (κ3) is 6.42. The number of benzene rings is 3. The Hall–Kier alpha value is -3.76. The predicted octanol–water partition coefficient (Wildman–Crippen LogP) is 6.08. The largest absolute Gasteiger partial charge is 0.449 e. The molecule has 242 valence electrons. The van der Waals surface area contributed by atoms with Gasteiger partial charge in [0.05, 0.1) is 39.1 Å². The van der Waals surface area contributed by atoms with Gasteiger partial charge in [-0.1, -0.05) is 66.7 Å². The normalized spacial score (nSPS) is 21.6. The highest BCUT2D eigenvalue weighted by Crippen LogP contribution is 2.46. The van der Waals surface area contributed by atoms with Crippen LogP contribution in [0.2, 0.25) is 0 Å². The average Bonchev–Trinajstić information content (AvgIpc) is 3.88. The number of hydrogen-bond donors (Lipinski definition) is 1. The van der Waals surface area contributed by atoms with Crippen molar-refractivity contribution in [2.75, 3.05) is 46.6 Å². The second-order valence-corrected chi connectivity index (χ2v) is 12.6. The summed E-state index contributed by atoms with van der Waals surface area (Å²) in [6, 6.07) is 22.5. The number of amides is 2. The van der Waals surface area contributed by atoms with Gasteiger partial charge in [-0.3, -0.25) is 4.79 Å². The van der Waals surface area contributed by atoms with Crippen LogP contribution in [0, 0.1) is 11.8 Å². The van der Waals surface area contributed by atoms with E-state index < -0.39 is 12.6 Å². The lowest BCUT2D eigenvalue weighted by atomic mass is 9.82. The van der Waals surface area contributed by atoms with Crippen LogP contribution in [-0.4, -0.2) is 63.5 Å². The summed E-state index contributed by atoms with van der Waals surface area (Å²) < 4.78 is 28.9. The molecule has 0 atom stereocenters. The first-order valence-corrected chi connectivity index (χ1v) is 16.5. The molecule has 0 spiro atoms. The minimum absolute atomic E-state index is 0.0176. The van der Waals surface area contributed by atoms with Crippen molar-refractivity contribution >= 4 is 12.0 Å². The van der Waals surface area contributed by atoms with Gasteiger partial charge in [-0.15, -0.1) is 0 Å². The molecule has 1 saturated carbocycles. The Bertz CT molecular complexity index is 1490. The smallest absolute Gasteiger partial charge is 0.410 e. The molecule has 3 fully saturated rings. The quantitative estimate of drug-likeness (QED) is 0.308. The van der Waals surface area contributed by atoms with Gasteiger partial charge in [0.25, 0.3) is 0 Å². The van der Waals surface area contributed by atoms with E-state index in [1.165, 1.54) is 11.1 Å². The summed E-state index contributed by atoms with van der Waals surface area (Å²) in [5, 5.41) is 3.14. The van der Waals surface area contributed by atoms with Gasteiger partial charge in [0.1, 0.15) is 0 Å². The van der Waals surface area contributed by atoms with Crippen LogP contribution in [0.1, 0.15) is 72.1 Å². The molecule has 0 aromatic heterocycles. The minimum Gasteiger partial charge on any atom is -0.449 e. The molecule has 3 aromatic rings. The van der Waals surface area contributed by atoms with E-state index in [2.05, 4.69) is 41.7 Å². The van der Waals surface area contributed by atoms with Gasteiger partial charge >= 0.3 is 6.09 Å². The molecule has 4 aliphatic rings. The fraction of sp³-hybridized carbons (Fsp3) is 0.459. The number of nitrogens with one attached hydrogen (secondary N) is 1. The summed E-state index contributed by atoms with van der Waals surface area (Å²) in [7, 11) is 1.82. The molecule has 46 heavy (non-hydrogen) atoms. The SMILES string of the molecule is CN(C(=O)OCC1CCC(C(=O)NCCc2ccc(C3OCCO3)c(C3OCCO3)c2)CC1)C1c2ccccc2-c2ccccc21. The lowest BCUT2D eigenvalue weighted by molar-refractivity contribution is -0.126. The molecule has 0 radical (unpaired) electrons. The first kappa shape index (κ1) is 30.9. The maximum atomic E-state index is 13.2. The third-order valence-corrected chi connectivity index (χ3v) is 9.75. The second-order valence-electron chi connectivity index (χ2n) is 12.6. The molecule has 9 heteroatoms. The third-order valence-electron chi connectivity index (χ3n) is 9.75. The zero-order valence-electron chi connectivity index (χ0n) is 26.3. The number of fused-ring (bicyclic) bond motifs is 3. The maximum absolute atomic E-state index is 13.2. The molecule has 2 saturated heterocycles. The summed E-state index contributed by atoms with van der Waals surface area (Å²) >= 11 is 0. The van der Waals surface area contributed by atoms with Gasteiger partial charge in [-0.2, -0.15) is 0 Å². The molecule has 3 aromatic carbocycles. The zero-order chi connectivity index (χ0) is 31.5. The number of nitrogens with zero attached hydrogens (tertiary/aromatic N) is 1. The van der Waals surface area contributed by atoms with Gasteiger partial charge < -0.3 is 33.9 Å². The Morgan fingerprint density at radius 2 is 1.35 bits per heavy atom. The fourth-order valence-electron chi connectivity index (χ4n) is 7.28. The molecular weight excluding hydrogens is 584 g/mol. The molecule has 0 unspecified atom stereocenters. The molecule has 1 N–H and O–H groups in total. The molecule has 0 bridgehead atoms. The van der Waals surface area contributed by atoms with E-state index in [-0.39, 0.29) is 29.9 Å². The highest BCUT2D eigenvalue weighted by atomic mass is 16.7. The molecule has 2 aliphatic carbocycles. The van der Waals surface area contributed by atoms with Crippen molar-refractivity contribution in [2.45, 2.75) is 50.7 Å². The van der Waals surface area contributed by atoms with Crippen LogP contribution in [0.25, 0.3) is 11.1 Å². The monoisotopic (exact) mass is 626 g/mol. The summed E-state index contributed by atoms with van der Waals surface area (Å²) in [5.74, 6) is 0.339. The molecular formula is C37H42N2O7. The van der Waals surface area contributed by atoms with E-state index in [0.717, 1.165) is 53.5 Å². The summed E-state index contributed by atoms with van der Waals surface area (Å²) in [5.41, 5.74) is 7.53. The molecule has 2 heterocycles. The first-order valence-electron chi connectivity index (χ1n) is 16.5. The first-order chi connectivity index (χ1) is 22.6. The van der Waals surface area contributed by atoms with Gasteiger partial charge in [0, 0.05) is 30.6 Å². The van der Waals surface area contributed by atoms with Crippen LogP contribution < -0.4 is 5.32 Å². The standard InChI is InChI=1S/C37H42N2O7/c1-39(33-29-8-4-2-6-27(29)28-7-3-5-9-30(28)33)37(41)46-23-25-10-13-26(14-11-25)34(40)38-17-16-24-12-15-31(35-42-18-19-43-35)32(22-24)36-44-20-21-45-36/h2-9,12,15,22,25-26,33,35-36H,10-11,13-14,16-21,23H2,1H3,(H,38,40). The van der Waals surface area contributed by atoms with Crippen molar-refractivity contribution in [1.82, 2.24) is 10.2 Å². The Labute approximate surface area is 270 Å². The lowest BCUT2D eigenvalue weighted by Crippen LogP contribution is -2.36. The van der Waals surface area contributed by atoms with E-state index in [1.807, 2.05) is 37.4 Å². The number of hydrogen-bond acceptors (Lipinski definition) is 7. The van der Waals surface area contributed by atoms with E-state index >= 15 is 0 Å². The van der Waals surface area contributed by atoms with E-state index in [9.17, 15) is 9.59 Å². The number of carbonyl (C=O) groups excluding carboxylic acids is 2. The van der Waals surface area contributed by atoms with Crippen molar-refractivity contribution in [3.8, 4) is 11.1 Å². The van der Waals surface area contributed by atoms with E-state index in [1.54, 1.807) is 4.90 Å². The maximum Gasteiger partial charge on any atom is 0.410 e. The van der Waals surface area contributed by atoms with Crippen molar-refractivity contribution < 1.29 is 33.3 Å². The summed E-state index contributed by atoms with van der Waals surface area (Å²) in [6.45, 7) is 3.18. The molecule has 7 rings (SSSR count). The fourth-order valence-corrected chi connectivity index (χ4v) is 7.28. The van der Waals surface area contributed by atoms with Crippen LogP contribution in [0.4, 0.5) is 4.79 Å². The summed E-state index contributed by atoms with van der Waals surface area (Å²) in [4.78, 5) is 27.9. The van der Waals surface area contributed by atoms with Crippen LogP contribution in [0.15, 0.2) is 66.7 Å². The van der Waals surface area contributed by atoms with Crippen LogP contribution in [0.5, 0.6) is 0 Å².